The Kier molecular flexibility index (Phi) is 3.46. The zero-order valence-electron chi connectivity index (χ0n) is 10.6. The molecular formula is C14H23N3. The maximum absolute atomic E-state index is 4.78. The monoisotopic (exact) mass is 233 g/mol. The molecule has 0 spiro atoms. The smallest absolute Gasteiger partial charge is 0.0627 e. The third kappa shape index (κ3) is 2.71. The van der Waals surface area contributed by atoms with Crippen molar-refractivity contribution < 1.29 is 0 Å². The second-order valence-corrected chi connectivity index (χ2v) is 5.64. The number of hydrogen-bond acceptors (Lipinski definition) is 2. The average Bonchev–Trinajstić information content (AvgIpc) is 3.00. The Morgan fingerprint density at radius 3 is 2.88 bits per heavy atom. The van der Waals surface area contributed by atoms with Crippen molar-refractivity contribution in [3.05, 3.63) is 18.0 Å². The average molecular weight is 233 g/mol. The van der Waals surface area contributed by atoms with Crippen molar-refractivity contribution in [3.8, 4) is 0 Å². The molecule has 1 saturated carbocycles. The van der Waals surface area contributed by atoms with Gasteiger partial charge < -0.3 is 5.32 Å². The molecule has 2 heterocycles. The molecule has 2 aliphatic rings. The van der Waals surface area contributed by atoms with Crippen LogP contribution in [0.15, 0.2) is 12.3 Å². The number of rotatable bonds is 3. The van der Waals surface area contributed by atoms with E-state index in [-0.39, 0.29) is 0 Å². The van der Waals surface area contributed by atoms with Crippen LogP contribution in [0.4, 0.5) is 0 Å². The van der Waals surface area contributed by atoms with Gasteiger partial charge in [-0.05, 0) is 57.2 Å². The molecule has 0 bridgehead atoms. The topological polar surface area (TPSA) is 29.9 Å². The zero-order valence-corrected chi connectivity index (χ0v) is 10.6. The number of nitrogens with zero attached hydrogens (tertiary/aromatic N) is 2. The van der Waals surface area contributed by atoms with E-state index >= 15 is 0 Å². The fourth-order valence-electron chi connectivity index (χ4n) is 3.25. The molecule has 1 aromatic rings. The summed E-state index contributed by atoms with van der Waals surface area (Å²) in [7, 11) is 0. The van der Waals surface area contributed by atoms with E-state index in [1.54, 1.807) is 0 Å². The van der Waals surface area contributed by atoms with E-state index in [1.165, 1.54) is 57.3 Å². The number of hydrogen-bond donors (Lipinski definition) is 1. The molecule has 0 amide bonds. The lowest BCUT2D eigenvalue weighted by atomic mass is 9.95. The first-order chi connectivity index (χ1) is 8.42. The normalized spacial score (nSPS) is 26.5. The summed E-state index contributed by atoms with van der Waals surface area (Å²) in [6.07, 6.45) is 11.5. The van der Waals surface area contributed by atoms with Gasteiger partial charge in [-0.15, -0.1) is 0 Å². The van der Waals surface area contributed by atoms with Crippen LogP contribution in [0.2, 0.25) is 0 Å². The van der Waals surface area contributed by atoms with Crippen molar-refractivity contribution in [2.75, 3.05) is 13.1 Å². The first kappa shape index (κ1) is 11.3. The quantitative estimate of drug-likeness (QED) is 0.869. The molecular weight excluding hydrogens is 210 g/mol. The molecule has 3 nitrogen and oxygen atoms in total. The second-order valence-electron chi connectivity index (χ2n) is 5.64. The fraction of sp³-hybridized carbons (Fsp3) is 0.786. The minimum absolute atomic E-state index is 0.688. The van der Waals surface area contributed by atoms with E-state index in [4.69, 9.17) is 5.10 Å². The summed E-state index contributed by atoms with van der Waals surface area (Å²) in [6.45, 7) is 2.38. The first-order valence-electron chi connectivity index (χ1n) is 7.16. The van der Waals surface area contributed by atoms with Gasteiger partial charge in [0.1, 0.15) is 0 Å². The van der Waals surface area contributed by atoms with Crippen molar-refractivity contribution in [1.82, 2.24) is 15.1 Å². The van der Waals surface area contributed by atoms with E-state index in [0.717, 1.165) is 12.3 Å². The van der Waals surface area contributed by atoms with E-state index in [1.807, 2.05) is 0 Å². The highest BCUT2D eigenvalue weighted by Gasteiger charge is 2.19. The Morgan fingerprint density at radius 1 is 1.24 bits per heavy atom. The Morgan fingerprint density at radius 2 is 2.12 bits per heavy atom. The summed E-state index contributed by atoms with van der Waals surface area (Å²) in [5.74, 6) is 0.802. The van der Waals surface area contributed by atoms with Gasteiger partial charge in [-0.25, -0.2) is 0 Å². The second kappa shape index (κ2) is 5.21. The molecule has 1 unspecified atom stereocenters. The number of aromatic nitrogens is 2. The summed E-state index contributed by atoms with van der Waals surface area (Å²) in [5, 5.41) is 8.26. The van der Waals surface area contributed by atoms with E-state index < -0.39 is 0 Å². The van der Waals surface area contributed by atoms with Crippen molar-refractivity contribution >= 4 is 0 Å². The van der Waals surface area contributed by atoms with Crippen molar-refractivity contribution in [2.45, 2.75) is 51.0 Å². The van der Waals surface area contributed by atoms with Gasteiger partial charge in [-0.3, -0.25) is 4.68 Å². The van der Waals surface area contributed by atoms with Gasteiger partial charge in [0.25, 0.3) is 0 Å². The molecule has 3 rings (SSSR count). The van der Waals surface area contributed by atoms with E-state index in [2.05, 4.69) is 22.3 Å². The first-order valence-corrected chi connectivity index (χ1v) is 7.16. The molecule has 94 valence electrons. The Balaban J connectivity index is 1.59. The van der Waals surface area contributed by atoms with Crippen LogP contribution in [0, 0.1) is 5.92 Å². The van der Waals surface area contributed by atoms with Crippen LogP contribution >= 0.6 is 0 Å². The Labute approximate surface area is 104 Å². The minimum Gasteiger partial charge on any atom is -0.316 e. The van der Waals surface area contributed by atoms with Gasteiger partial charge in [-0.1, -0.05) is 12.8 Å². The molecule has 1 aromatic heterocycles. The maximum atomic E-state index is 4.78. The third-order valence-corrected chi connectivity index (χ3v) is 4.26. The van der Waals surface area contributed by atoms with Crippen molar-refractivity contribution in [2.24, 2.45) is 5.92 Å². The molecule has 2 fully saturated rings. The van der Waals surface area contributed by atoms with Crippen molar-refractivity contribution in [3.63, 3.8) is 0 Å². The van der Waals surface area contributed by atoms with Crippen LogP contribution in [-0.4, -0.2) is 22.9 Å². The van der Waals surface area contributed by atoms with Gasteiger partial charge in [0.15, 0.2) is 0 Å². The molecule has 1 aliphatic heterocycles. The number of nitrogens with one attached hydrogen (secondary N) is 1. The van der Waals surface area contributed by atoms with Gasteiger partial charge in [0, 0.05) is 6.20 Å². The van der Waals surface area contributed by atoms with Crippen molar-refractivity contribution in [1.29, 1.82) is 0 Å². The maximum Gasteiger partial charge on any atom is 0.0627 e. The van der Waals surface area contributed by atoms with Gasteiger partial charge in [0.05, 0.1) is 11.7 Å². The summed E-state index contributed by atoms with van der Waals surface area (Å²) < 4.78 is 2.22. The predicted molar refractivity (Wildman–Crippen MR) is 69.0 cm³/mol. The number of piperidine rings is 1. The molecule has 1 N–H and O–H groups in total. The van der Waals surface area contributed by atoms with Crippen LogP contribution in [0.5, 0.6) is 0 Å². The summed E-state index contributed by atoms with van der Waals surface area (Å²) in [4.78, 5) is 0. The molecule has 0 radical (unpaired) electrons. The Hall–Kier alpha value is -0.830. The molecule has 1 atom stereocenters. The van der Waals surface area contributed by atoms with Crippen LogP contribution < -0.4 is 5.32 Å². The minimum atomic E-state index is 0.688. The zero-order chi connectivity index (χ0) is 11.5. The fourth-order valence-corrected chi connectivity index (χ4v) is 3.25. The lowest BCUT2D eigenvalue weighted by molar-refractivity contribution is 0.370. The predicted octanol–water partition coefficient (Wildman–Crippen LogP) is 2.54. The molecule has 3 heteroatoms. The lowest BCUT2D eigenvalue weighted by Gasteiger charge is -2.21. The van der Waals surface area contributed by atoms with Crippen LogP contribution in [0.25, 0.3) is 0 Å². The third-order valence-electron chi connectivity index (χ3n) is 4.26. The molecule has 1 saturated heterocycles. The van der Waals surface area contributed by atoms with Crippen LogP contribution in [0.1, 0.15) is 50.3 Å². The van der Waals surface area contributed by atoms with Crippen LogP contribution in [-0.2, 0) is 6.42 Å². The summed E-state index contributed by atoms with van der Waals surface area (Å²) in [5.41, 5.74) is 1.30. The van der Waals surface area contributed by atoms with Gasteiger partial charge in [-0.2, -0.15) is 5.10 Å². The lowest BCUT2D eigenvalue weighted by Crippen LogP contribution is -2.30. The summed E-state index contributed by atoms with van der Waals surface area (Å²) in [6, 6.07) is 2.92. The standard InChI is InChI=1S/C14H23N3/c1-2-6-14(5-1)17-9-7-13(16-17)10-12-4-3-8-15-11-12/h7,9,12,14-15H,1-6,8,10-11H2. The van der Waals surface area contributed by atoms with E-state index in [9.17, 15) is 0 Å². The van der Waals surface area contributed by atoms with E-state index in [0.29, 0.717) is 6.04 Å². The Bertz CT molecular complexity index is 346. The van der Waals surface area contributed by atoms with Gasteiger partial charge in [0.2, 0.25) is 0 Å². The highest BCUT2D eigenvalue weighted by atomic mass is 15.3. The van der Waals surface area contributed by atoms with Gasteiger partial charge >= 0.3 is 0 Å². The molecule has 0 aromatic carbocycles. The highest BCUT2D eigenvalue weighted by molar-refractivity contribution is 5.02. The molecule has 17 heavy (non-hydrogen) atoms. The SMILES string of the molecule is c1cn(C2CCCC2)nc1CC1CCCNC1. The van der Waals surface area contributed by atoms with Crippen LogP contribution in [0.3, 0.4) is 0 Å². The highest BCUT2D eigenvalue weighted by Crippen LogP contribution is 2.29. The molecule has 1 aliphatic carbocycles. The largest absolute Gasteiger partial charge is 0.316 e. The summed E-state index contributed by atoms with van der Waals surface area (Å²) >= 11 is 0.